The summed E-state index contributed by atoms with van der Waals surface area (Å²) in [6, 6.07) is 21.8. The van der Waals surface area contributed by atoms with E-state index in [0.717, 1.165) is 0 Å². The third-order valence-electron chi connectivity index (χ3n) is 5.14. The van der Waals surface area contributed by atoms with Gasteiger partial charge in [-0.25, -0.2) is 0 Å². The van der Waals surface area contributed by atoms with Crippen molar-refractivity contribution >= 4 is 0 Å². The van der Waals surface area contributed by atoms with Crippen molar-refractivity contribution in [3.63, 3.8) is 0 Å². The fourth-order valence-electron chi connectivity index (χ4n) is 3.49. The standard InChI is InChI=1S/C24H36N/c1-25(2,21-13-5-11-19-23-15-7-3-8-16-23)22-14-6-12-20-24-17-9-4-10-18-24/h3-4,7-10,15-18H,5-6,11-14,19-22H2,1-2H3/q+1. The zero-order valence-corrected chi connectivity index (χ0v) is 16.3. The van der Waals surface area contributed by atoms with Crippen LogP contribution in [0.3, 0.4) is 0 Å². The highest BCUT2D eigenvalue weighted by Crippen LogP contribution is 2.11. The molecule has 0 atom stereocenters. The zero-order valence-electron chi connectivity index (χ0n) is 16.3. The SMILES string of the molecule is C[N+](C)(CCCCCc1ccccc1)CCCCCc1ccccc1. The Bertz CT molecular complexity index is 508. The fourth-order valence-corrected chi connectivity index (χ4v) is 3.49. The lowest BCUT2D eigenvalue weighted by atomic mass is 10.1. The molecule has 0 fully saturated rings. The molecule has 0 saturated carbocycles. The molecule has 2 rings (SSSR count). The van der Waals surface area contributed by atoms with Crippen LogP contribution in [0.25, 0.3) is 0 Å². The molecule has 25 heavy (non-hydrogen) atoms. The minimum atomic E-state index is 1.18. The van der Waals surface area contributed by atoms with Gasteiger partial charge in [0.15, 0.2) is 0 Å². The number of benzene rings is 2. The molecule has 0 amide bonds. The number of quaternary nitrogens is 1. The van der Waals surface area contributed by atoms with E-state index in [4.69, 9.17) is 0 Å². The average molecular weight is 339 g/mol. The van der Waals surface area contributed by atoms with Crippen LogP contribution in [0.1, 0.15) is 49.7 Å². The second kappa shape index (κ2) is 11.1. The zero-order chi connectivity index (χ0) is 17.8. The minimum Gasteiger partial charge on any atom is -0.328 e. The van der Waals surface area contributed by atoms with Crippen molar-refractivity contribution in [2.45, 2.75) is 51.4 Å². The molecular weight excluding hydrogens is 302 g/mol. The van der Waals surface area contributed by atoms with Gasteiger partial charge in [-0.15, -0.1) is 0 Å². The number of rotatable bonds is 12. The molecular formula is C24H36N+. The Balaban J connectivity index is 1.49. The van der Waals surface area contributed by atoms with Crippen molar-refractivity contribution in [3.05, 3.63) is 71.8 Å². The molecule has 1 nitrogen and oxygen atoms in total. The lowest BCUT2D eigenvalue weighted by Gasteiger charge is -2.30. The van der Waals surface area contributed by atoms with Gasteiger partial charge in [0.2, 0.25) is 0 Å². The van der Waals surface area contributed by atoms with Crippen LogP contribution in [0, 0.1) is 0 Å². The Labute approximate surface area is 155 Å². The lowest BCUT2D eigenvalue weighted by Crippen LogP contribution is -2.41. The minimum absolute atomic E-state index is 1.18. The van der Waals surface area contributed by atoms with Gasteiger partial charge in [0.05, 0.1) is 27.2 Å². The van der Waals surface area contributed by atoms with Gasteiger partial charge in [-0.1, -0.05) is 60.7 Å². The van der Waals surface area contributed by atoms with Crippen molar-refractivity contribution < 1.29 is 4.48 Å². The van der Waals surface area contributed by atoms with Crippen molar-refractivity contribution in [1.29, 1.82) is 0 Å². The van der Waals surface area contributed by atoms with E-state index >= 15 is 0 Å². The van der Waals surface area contributed by atoms with E-state index in [1.54, 1.807) is 0 Å². The molecule has 0 heterocycles. The Morgan fingerprint density at radius 3 is 1.32 bits per heavy atom. The van der Waals surface area contributed by atoms with Crippen molar-refractivity contribution in [2.75, 3.05) is 27.2 Å². The van der Waals surface area contributed by atoms with E-state index in [0.29, 0.717) is 0 Å². The summed E-state index contributed by atoms with van der Waals surface area (Å²) in [6.45, 7) is 2.63. The highest BCUT2D eigenvalue weighted by Gasteiger charge is 2.13. The quantitative estimate of drug-likeness (QED) is 0.334. The molecule has 0 spiro atoms. The molecule has 2 aromatic carbocycles. The molecule has 0 unspecified atom stereocenters. The van der Waals surface area contributed by atoms with Crippen molar-refractivity contribution in [3.8, 4) is 0 Å². The van der Waals surface area contributed by atoms with Gasteiger partial charge in [0.1, 0.15) is 0 Å². The van der Waals surface area contributed by atoms with Gasteiger partial charge >= 0.3 is 0 Å². The Hall–Kier alpha value is -1.60. The van der Waals surface area contributed by atoms with Gasteiger partial charge < -0.3 is 4.48 Å². The second-order valence-corrected chi connectivity index (χ2v) is 7.98. The highest BCUT2D eigenvalue weighted by molar-refractivity contribution is 5.15. The van der Waals surface area contributed by atoms with Crippen molar-refractivity contribution in [1.82, 2.24) is 0 Å². The van der Waals surface area contributed by atoms with Crippen LogP contribution in [0.5, 0.6) is 0 Å². The number of nitrogens with zero attached hydrogens (tertiary/aromatic N) is 1. The summed E-state index contributed by atoms with van der Waals surface area (Å²) in [5.41, 5.74) is 2.96. The van der Waals surface area contributed by atoms with E-state index in [9.17, 15) is 0 Å². The van der Waals surface area contributed by atoms with Crippen LogP contribution >= 0.6 is 0 Å². The van der Waals surface area contributed by atoms with Gasteiger partial charge in [-0.2, -0.15) is 0 Å². The maximum Gasteiger partial charge on any atom is 0.0782 e. The Morgan fingerprint density at radius 1 is 0.520 bits per heavy atom. The molecule has 0 aliphatic heterocycles. The Kier molecular flexibility index (Phi) is 8.76. The third kappa shape index (κ3) is 8.88. The average Bonchev–Trinajstić information content (AvgIpc) is 2.63. The fraction of sp³-hybridized carbons (Fsp3) is 0.500. The van der Waals surface area contributed by atoms with Crippen LogP contribution in [-0.2, 0) is 12.8 Å². The molecule has 2 aromatic rings. The van der Waals surface area contributed by atoms with Crippen LogP contribution in [0.2, 0.25) is 0 Å². The highest BCUT2D eigenvalue weighted by atomic mass is 15.3. The first-order valence-electron chi connectivity index (χ1n) is 10.1. The van der Waals surface area contributed by atoms with E-state index in [2.05, 4.69) is 74.8 Å². The van der Waals surface area contributed by atoms with Crippen molar-refractivity contribution in [2.24, 2.45) is 0 Å². The van der Waals surface area contributed by atoms with Crippen LogP contribution in [-0.4, -0.2) is 31.7 Å². The van der Waals surface area contributed by atoms with Crippen LogP contribution < -0.4 is 0 Å². The Morgan fingerprint density at radius 2 is 0.920 bits per heavy atom. The first-order valence-corrected chi connectivity index (χ1v) is 10.1. The summed E-state index contributed by atoms with van der Waals surface area (Å²) in [7, 11) is 4.79. The molecule has 1 heteroatoms. The van der Waals surface area contributed by atoms with E-state index in [1.165, 1.54) is 80.1 Å². The monoisotopic (exact) mass is 338 g/mol. The summed E-state index contributed by atoms with van der Waals surface area (Å²) in [5, 5.41) is 0. The summed E-state index contributed by atoms with van der Waals surface area (Å²) in [4.78, 5) is 0. The number of aryl methyl sites for hydroxylation is 2. The third-order valence-corrected chi connectivity index (χ3v) is 5.14. The molecule has 0 aliphatic rings. The normalized spacial score (nSPS) is 11.6. The number of hydrogen-bond acceptors (Lipinski definition) is 0. The van der Waals surface area contributed by atoms with Gasteiger partial charge in [0, 0.05) is 0 Å². The number of hydrogen-bond donors (Lipinski definition) is 0. The molecule has 0 aromatic heterocycles. The number of unbranched alkanes of at least 4 members (excludes halogenated alkanes) is 4. The smallest absolute Gasteiger partial charge is 0.0782 e. The predicted molar refractivity (Wildman–Crippen MR) is 110 cm³/mol. The summed E-state index contributed by atoms with van der Waals surface area (Å²) in [5.74, 6) is 0. The molecule has 0 saturated heterocycles. The molecule has 0 bridgehead atoms. The lowest BCUT2D eigenvalue weighted by molar-refractivity contribution is -0.890. The largest absolute Gasteiger partial charge is 0.328 e. The maximum atomic E-state index is 2.40. The van der Waals surface area contributed by atoms with Gasteiger partial charge in [-0.3, -0.25) is 0 Å². The van der Waals surface area contributed by atoms with E-state index < -0.39 is 0 Å². The summed E-state index contributed by atoms with van der Waals surface area (Å²) >= 11 is 0. The summed E-state index contributed by atoms with van der Waals surface area (Å²) in [6.07, 6.45) is 10.5. The van der Waals surface area contributed by atoms with E-state index in [-0.39, 0.29) is 0 Å². The van der Waals surface area contributed by atoms with Crippen LogP contribution in [0.15, 0.2) is 60.7 Å². The predicted octanol–water partition coefficient (Wildman–Crippen LogP) is 5.89. The first-order chi connectivity index (χ1) is 12.2. The summed E-state index contributed by atoms with van der Waals surface area (Å²) < 4.78 is 1.18. The molecule has 0 N–H and O–H groups in total. The molecule has 0 radical (unpaired) electrons. The maximum absolute atomic E-state index is 2.40. The first kappa shape index (κ1) is 19.7. The second-order valence-electron chi connectivity index (χ2n) is 7.98. The van der Waals surface area contributed by atoms with Gasteiger partial charge in [0.25, 0.3) is 0 Å². The molecule has 136 valence electrons. The molecule has 0 aliphatic carbocycles. The van der Waals surface area contributed by atoms with E-state index in [1.807, 2.05) is 0 Å². The van der Waals surface area contributed by atoms with Crippen LogP contribution in [0.4, 0.5) is 0 Å². The topological polar surface area (TPSA) is 0 Å². The van der Waals surface area contributed by atoms with Gasteiger partial charge in [-0.05, 0) is 62.5 Å².